The van der Waals surface area contributed by atoms with E-state index in [-0.39, 0.29) is 18.6 Å². The summed E-state index contributed by atoms with van der Waals surface area (Å²) in [6.45, 7) is 6.64. The highest BCUT2D eigenvalue weighted by Gasteiger charge is 2.15. The van der Waals surface area contributed by atoms with Gasteiger partial charge >= 0.3 is 0 Å². The third-order valence-electron chi connectivity index (χ3n) is 2.33. The molecule has 1 rings (SSSR count). The first-order chi connectivity index (χ1) is 8.45. The number of ether oxygens (including phenoxy) is 1. The molecule has 0 spiro atoms. The molecule has 0 radical (unpaired) electrons. The molecule has 0 unspecified atom stereocenters. The van der Waals surface area contributed by atoms with E-state index in [0.29, 0.717) is 23.1 Å². The van der Waals surface area contributed by atoms with Crippen molar-refractivity contribution in [3.05, 3.63) is 0 Å². The minimum atomic E-state index is 0.0123. The SMILES string of the molecule is CCN(C)C(=O)CNc1snc(N)c1OC(C)C. The summed E-state index contributed by atoms with van der Waals surface area (Å²) in [5, 5.41) is 3.71. The number of carbonyl (C=O) groups excluding carboxylic acids is 1. The van der Waals surface area contributed by atoms with Gasteiger partial charge in [0.2, 0.25) is 5.91 Å². The summed E-state index contributed by atoms with van der Waals surface area (Å²) in [5.41, 5.74) is 5.72. The van der Waals surface area contributed by atoms with Crippen molar-refractivity contribution in [1.29, 1.82) is 0 Å². The molecule has 0 aliphatic carbocycles. The molecule has 0 atom stereocenters. The molecule has 1 aromatic rings. The first-order valence-electron chi connectivity index (χ1n) is 5.85. The van der Waals surface area contributed by atoms with Gasteiger partial charge in [-0.2, -0.15) is 4.37 Å². The molecule has 1 heterocycles. The third-order valence-corrected chi connectivity index (χ3v) is 3.13. The third kappa shape index (κ3) is 3.76. The molecule has 0 aliphatic rings. The van der Waals surface area contributed by atoms with E-state index in [1.165, 1.54) is 11.5 Å². The lowest BCUT2D eigenvalue weighted by Gasteiger charge is -2.15. The van der Waals surface area contributed by atoms with Gasteiger partial charge in [0, 0.05) is 13.6 Å². The van der Waals surface area contributed by atoms with Crippen molar-refractivity contribution in [3.8, 4) is 5.75 Å². The summed E-state index contributed by atoms with van der Waals surface area (Å²) >= 11 is 1.20. The molecular formula is C11H20N4O2S. The van der Waals surface area contributed by atoms with Crippen LogP contribution in [-0.4, -0.2) is 41.4 Å². The lowest BCUT2D eigenvalue weighted by molar-refractivity contribution is -0.127. The Balaban J connectivity index is 2.65. The molecule has 18 heavy (non-hydrogen) atoms. The standard InChI is InChI=1S/C11H20N4O2S/c1-5-15(4)8(16)6-13-11-9(17-7(2)3)10(12)14-18-11/h7,13H,5-6H2,1-4H3,(H2,12,14). The Morgan fingerprint density at radius 1 is 1.61 bits per heavy atom. The summed E-state index contributed by atoms with van der Waals surface area (Å²) in [6, 6.07) is 0. The van der Waals surface area contributed by atoms with Crippen LogP contribution in [0, 0.1) is 0 Å². The van der Waals surface area contributed by atoms with E-state index < -0.39 is 0 Å². The maximum atomic E-state index is 11.7. The molecule has 6 nitrogen and oxygen atoms in total. The lowest BCUT2D eigenvalue weighted by atomic mass is 10.4. The van der Waals surface area contributed by atoms with Gasteiger partial charge in [0.05, 0.1) is 12.6 Å². The van der Waals surface area contributed by atoms with Gasteiger partial charge in [-0.3, -0.25) is 4.79 Å². The zero-order valence-corrected chi connectivity index (χ0v) is 12.0. The van der Waals surface area contributed by atoms with Gasteiger partial charge < -0.3 is 20.7 Å². The minimum absolute atomic E-state index is 0.0123. The number of aromatic nitrogens is 1. The molecule has 0 aliphatic heterocycles. The summed E-state index contributed by atoms with van der Waals surface area (Å²) in [4.78, 5) is 13.3. The predicted molar refractivity (Wildman–Crippen MR) is 74.1 cm³/mol. The monoisotopic (exact) mass is 272 g/mol. The summed E-state index contributed by atoms with van der Waals surface area (Å²) in [5.74, 6) is 0.898. The Morgan fingerprint density at radius 3 is 2.83 bits per heavy atom. The van der Waals surface area contributed by atoms with E-state index in [1.807, 2.05) is 20.8 Å². The zero-order valence-electron chi connectivity index (χ0n) is 11.2. The maximum absolute atomic E-state index is 11.7. The molecule has 102 valence electrons. The van der Waals surface area contributed by atoms with Gasteiger partial charge in [-0.05, 0) is 32.3 Å². The number of likely N-dealkylation sites (N-methyl/N-ethyl adjacent to an activating group) is 1. The Labute approximate surface area is 111 Å². The molecular weight excluding hydrogens is 252 g/mol. The molecule has 7 heteroatoms. The van der Waals surface area contributed by atoms with Crippen LogP contribution in [-0.2, 0) is 4.79 Å². The Bertz CT molecular complexity index is 406. The van der Waals surface area contributed by atoms with Crippen molar-refractivity contribution in [2.24, 2.45) is 0 Å². The fraction of sp³-hybridized carbons (Fsp3) is 0.636. The number of carbonyl (C=O) groups is 1. The molecule has 0 saturated heterocycles. The topological polar surface area (TPSA) is 80.5 Å². The highest BCUT2D eigenvalue weighted by molar-refractivity contribution is 7.11. The van der Waals surface area contributed by atoms with E-state index in [0.717, 1.165) is 0 Å². The van der Waals surface area contributed by atoms with E-state index >= 15 is 0 Å². The number of nitrogens with two attached hydrogens (primary N) is 1. The minimum Gasteiger partial charge on any atom is -0.484 e. The van der Waals surface area contributed by atoms with E-state index in [9.17, 15) is 4.79 Å². The quantitative estimate of drug-likeness (QED) is 0.818. The summed E-state index contributed by atoms with van der Waals surface area (Å²) < 4.78 is 9.59. The Hall–Kier alpha value is -1.50. The van der Waals surface area contributed by atoms with Gasteiger partial charge in [0.1, 0.15) is 0 Å². The fourth-order valence-electron chi connectivity index (χ4n) is 1.22. The Morgan fingerprint density at radius 2 is 2.28 bits per heavy atom. The fourth-order valence-corrected chi connectivity index (χ4v) is 1.87. The van der Waals surface area contributed by atoms with Crippen LogP contribution in [0.5, 0.6) is 5.75 Å². The van der Waals surface area contributed by atoms with Gasteiger partial charge in [0.15, 0.2) is 16.6 Å². The van der Waals surface area contributed by atoms with Crippen LogP contribution in [0.3, 0.4) is 0 Å². The number of amides is 1. The average molecular weight is 272 g/mol. The lowest BCUT2D eigenvalue weighted by Crippen LogP contribution is -2.31. The van der Waals surface area contributed by atoms with Gasteiger partial charge in [-0.25, -0.2) is 0 Å². The first-order valence-corrected chi connectivity index (χ1v) is 6.62. The predicted octanol–water partition coefficient (Wildman–Crippen LogP) is 1.40. The summed E-state index contributed by atoms with van der Waals surface area (Å²) in [6.07, 6.45) is 0.0123. The van der Waals surface area contributed by atoms with Crippen LogP contribution in [0.4, 0.5) is 10.8 Å². The van der Waals surface area contributed by atoms with Crippen LogP contribution in [0.25, 0.3) is 0 Å². The van der Waals surface area contributed by atoms with Gasteiger partial charge in [-0.1, -0.05) is 0 Å². The van der Waals surface area contributed by atoms with Crippen LogP contribution < -0.4 is 15.8 Å². The number of anilines is 2. The van der Waals surface area contributed by atoms with Crippen molar-refractivity contribution in [1.82, 2.24) is 9.27 Å². The maximum Gasteiger partial charge on any atom is 0.241 e. The van der Waals surface area contributed by atoms with E-state index in [4.69, 9.17) is 10.5 Å². The van der Waals surface area contributed by atoms with Crippen LogP contribution in [0.2, 0.25) is 0 Å². The highest BCUT2D eigenvalue weighted by Crippen LogP contribution is 2.35. The van der Waals surface area contributed by atoms with Gasteiger partial charge in [-0.15, -0.1) is 0 Å². The molecule has 0 fully saturated rings. The van der Waals surface area contributed by atoms with Gasteiger partial charge in [0.25, 0.3) is 0 Å². The molecule has 3 N–H and O–H groups in total. The largest absolute Gasteiger partial charge is 0.484 e. The number of nitrogens with zero attached hydrogens (tertiary/aromatic N) is 2. The Kier molecular flexibility index (Phi) is 5.21. The molecule has 0 bridgehead atoms. The molecule has 1 aromatic heterocycles. The van der Waals surface area contributed by atoms with E-state index in [1.54, 1.807) is 11.9 Å². The molecule has 1 amide bonds. The number of rotatable bonds is 6. The smallest absolute Gasteiger partial charge is 0.241 e. The number of nitrogens with one attached hydrogen (secondary N) is 1. The van der Waals surface area contributed by atoms with Crippen LogP contribution in [0.15, 0.2) is 0 Å². The number of hydrogen-bond donors (Lipinski definition) is 2. The molecule has 0 aromatic carbocycles. The first kappa shape index (κ1) is 14.6. The normalized spacial score (nSPS) is 10.5. The van der Waals surface area contributed by atoms with Crippen molar-refractivity contribution in [2.75, 3.05) is 31.2 Å². The number of nitrogen functional groups attached to an aromatic ring is 1. The second kappa shape index (κ2) is 6.44. The van der Waals surface area contributed by atoms with Crippen molar-refractivity contribution < 1.29 is 9.53 Å². The molecule has 0 saturated carbocycles. The van der Waals surface area contributed by atoms with Crippen molar-refractivity contribution >= 4 is 28.3 Å². The van der Waals surface area contributed by atoms with Crippen molar-refractivity contribution in [2.45, 2.75) is 26.9 Å². The van der Waals surface area contributed by atoms with Crippen LogP contribution in [0.1, 0.15) is 20.8 Å². The second-order valence-corrected chi connectivity index (χ2v) is 4.93. The van der Waals surface area contributed by atoms with Crippen LogP contribution >= 0.6 is 11.5 Å². The summed E-state index contributed by atoms with van der Waals surface area (Å²) in [7, 11) is 1.76. The number of hydrogen-bond acceptors (Lipinski definition) is 6. The zero-order chi connectivity index (χ0) is 13.7. The highest BCUT2D eigenvalue weighted by atomic mass is 32.1. The van der Waals surface area contributed by atoms with Crippen molar-refractivity contribution in [3.63, 3.8) is 0 Å². The second-order valence-electron chi connectivity index (χ2n) is 4.15. The van der Waals surface area contributed by atoms with E-state index in [2.05, 4.69) is 9.69 Å². The average Bonchev–Trinajstić information content (AvgIpc) is 2.66.